The zero-order valence-corrected chi connectivity index (χ0v) is 14.1. The summed E-state index contributed by atoms with van der Waals surface area (Å²) in [5.74, 6) is -1.47. The van der Waals surface area contributed by atoms with Crippen LogP contribution in [-0.4, -0.2) is 42.9 Å². The molecule has 136 valence electrons. The van der Waals surface area contributed by atoms with Crippen LogP contribution in [0.1, 0.15) is 6.42 Å². The second-order valence-corrected chi connectivity index (χ2v) is 6.08. The minimum atomic E-state index is -0.471. The molecule has 1 fully saturated rings. The van der Waals surface area contributed by atoms with Crippen LogP contribution in [-0.2, 0) is 9.59 Å². The molecule has 2 aromatic rings. The summed E-state index contributed by atoms with van der Waals surface area (Å²) >= 11 is 0. The standard InChI is InChI=1S/C19H19F2N3O2/c20-14-4-6-17(7-5-14)23-8-10-24(11-9-23)19(26)13-18(25)22-16-3-1-2-15(21)12-16/h1-7,12H,8-11,13H2,(H,22,25). The average Bonchev–Trinajstić information content (AvgIpc) is 2.62. The van der Waals surface area contributed by atoms with Crippen molar-refractivity contribution < 1.29 is 18.4 Å². The van der Waals surface area contributed by atoms with E-state index < -0.39 is 11.7 Å². The fraction of sp³-hybridized carbons (Fsp3) is 0.263. The van der Waals surface area contributed by atoms with E-state index in [4.69, 9.17) is 0 Å². The Kier molecular flexibility index (Phi) is 5.46. The van der Waals surface area contributed by atoms with E-state index in [-0.39, 0.29) is 18.1 Å². The maximum Gasteiger partial charge on any atom is 0.233 e. The minimum absolute atomic E-state index is 0.266. The number of amides is 2. The summed E-state index contributed by atoms with van der Waals surface area (Å²) in [6, 6.07) is 11.8. The molecule has 0 atom stereocenters. The van der Waals surface area contributed by atoms with Gasteiger partial charge in [-0.3, -0.25) is 9.59 Å². The lowest BCUT2D eigenvalue weighted by Crippen LogP contribution is -2.49. The summed E-state index contributed by atoms with van der Waals surface area (Å²) < 4.78 is 26.1. The molecular formula is C19H19F2N3O2. The van der Waals surface area contributed by atoms with Crippen LogP contribution in [0.4, 0.5) is 20.2 Å². The first kappa shape index (κ1) is 17.8. The van der Waals surface area contributed by atoms with Crippen molar-refractivity contribution >= 4 is 23.2 Å². The van der Waals surface area contributed by atoms with Crippen molar-refractivity contribution in [3.63, 3.8) is 0 Å². The number of carbonyl (C=O) groups excluding carboxylic acids is 2. The monoisotopic (exact) mass is 359 g/mol. The number of hydrogen-bond donors (Lipinski definition) is 1. The van der Waals surface area contributed by atoms with Gasteiger partial charge in [0.15, 0.2) is 0 Å². The van der Waals surface area contributed by atoms with Gasteiger partial charge in [0.05, 0.1) is 0 Å². The second kappa shape index (κ2) is 7.95. The smallest absolute Gasteiger partial charge is 0.233 e. The van der Waals surface area contributed by atoms with Gasteiger partial charge >= 0.3 is 0 Å². The van der Waals surface area contributed by atoms with Gasteiger partial charge in [0.25, 0.3) is 0 Å². The highest BCUT2D eigenvalue weighted by Gasteiger charge is 2.23. The molecule has 1 saturated heterocycles. The quantitative estimate of drug-likeness (QED) is 0.854. The molecule has 1 aliphatic rings. The lowest BCUT2D eigenvalue weighted by Gasteiger charge is -2.36. The molecule has 0 aliphatic carbocycles. The number of benzene rings is 2. The van der Waals surface area contributed by atoms with E-state index in [1.807, 2.05) is 0 Å². The van der Waals surface area contributed by atoms with E-state index in [1.54, 1.807) is 23.1 Å². The number of nitrogens with zero attached hydrogens (tertiary/aromatic N) is 2. The Hall–Kier alpha value is -2.96. The Morgan fingerprint density at radius 1 is 0.923 bits per heavy atom. The summed E-state index contributed by atoms with van der Waals surface area (Å²) in [5.41, 5.74) is 1.23. The number of halogens is 2. The normalized spacial score (nSPS) is 14.2. The van der Waals surface area contributed by atoms with E-state index >= 15 is 0 Å². The fourth-order valence-corrected chi connectivity index (χ4v) is 2.89. The number of rotatable bonds is 4. The molecule has 2 aromatic carbocycles. The van der Waals surface area contributed by atoms with Crippen LogP contribution < -0.4 is 10.2 Å². The first-order valence-corrected chi connectivity index (χ1v) is 8.35. The van der Waals surface area contributed by atoms with Crippen molar-refractivity contribution in [1.29, 1.82) is 0 Å². The molecular weight excluding hydrogens is 340 g/mol. The Labute approximate surface area is 150 Å². The summed E-state index contributed by atoms with van der Waals surface area (Å²) in [4.78, 5) is 27.9. The van der Waals surface area contributed by atoms with Gasteiger partial charge in [-0.25, -0.2) is 8.78 Å². The SMILES string of the molecule is O=C(CC(=O)N1CCN(c2ccc(F)cc2)CC1)Nc1cccc(F)c1. The van der Waals surface area contributed by atoms with E-state index in [2.05, 4.69) is 10.2 Å². The van der Waals surface area contributed by atoms with Gasteiger partial charge in [-0.1, -0.05) is 6.07 Å². The Morgan fingerprint density at radius 2 is 1.62 bits per heavy atom. The van der Waals surface area contributed by atoms with Crippen molar-refractivity contribution in [3.05, 3.63) is 60.2 Å². The summed E-state index contributed by atoms with van der Waals surface area (Å²) in [6.45, 7) is 2.21. The van der Waals surface area contributed by atoms with Crippen LogP contribution in [0, 0.1) is 11.6 Å². The summed E-state index contributed by atoms with van der Waals surface area (Å²) in [6.07, 6.45) is -0.285. The topological polar surface area (TPSA) is 52.7 Å². The van der Waals surface area contributed by atoms with Gasteiger partial charge in [-0.15, -0.1) is 0 Å². The first-order chi connectivity index (χ1) is 12.5. The number of nitrogens with one attached hydrogen (secondary N) is 1. The van der Waals surface area contributed by atoms with Crippen LogP contribution in [0.15, 0.2) is 48.5 Å². The second-order valence-electron chi connectivity index (χ2n) is 6.08. The number of anilines is 2. The van der Waals surface area contributed by atoms with Gasteiger partial charge in [0, 0.05) is 37.6 Å². The van der Waals surface area contributed by atoms with Crippen molar-refractivity contribution in [2.24, 2.45) is 0 Å². The third-order valence-electron chi connectivity index (χ3n) is 4.24. The van der Waals surface area contributed by atoms with Crippen LogP contribution in [0.5, 0.6) is 0 Å². The van der Waals surface area contributed by atoms with Crippen LogP contribution >= 0.6 is 0 Å². The fourth-order valence-electron chi connectivity index (χ4n) is 2.89. The van der Waals surface area contributed by atoms with E-state index in [1.165, 1.54) is 30.3 Å². The zero-order valence-electron chi connectivity index (χ0n) is 14.1. The van der Waals surface area contributed by atoms with Crippen LogP contribution in [0.3, 0.4) is 0 Å². The molecule has 0 saturated carbocycles. The van der Waals surface area contributed by atoms with E-state index in [0.29, 0.717) is 31.9 Å². The van der Waals surface area contributed by atoms with E-state index in [9.17, 15) is 18.4 Å². The van der Waals surface area contributed by atoms with Crippen molar-refractivity contribution in [2.45, 2.75) is 6.42 Å². The predicted molar refractivity (Wildman–Crippen MR) is 94.8 cm³/mol. The Morgan fingerprint density at radius 3 is 2.27 bits per heavy atom. The largest absolute Gasteiger partial charge is 0.368 e. The highest BCUT2D eigenvalue weighted by atomic mass is 19.1. The summed E-state index contributed by atoms with van der Waals surface area (Å²) in [7, 11) is 0. The Balaban J connectivity index is 1.48. The molecule has 1 aliphatic heterocycles. The molecule has 2 amide bonds. The lowest BCUT2D eigenvalue weighted by atomic mass is 10.2. The molecule has 3 rings (SSSR count). The first-order valence-electron chi connectivity index (χ1n) is 8.35. The van der Waals surface area contributed by atoms with Crippen molar-refractivity contribution in [2.75, 3.05) is 36.4 Å². The van der Waals surface area contributed by atoms with E-state index in [0.717, 1.165) is 5.69 Å². The molecule has 1 heterocycles. The van der Waals surface area contributed by atoms with Crippen LogP contribution in [0.2, 0.25) is 0 Å². The Bertz CT molecular complexity index is 788. The molecule has 7 heteroatoms. The number of carbonyl (C=O) groups is 2. The third-order valence-corrected chi connectivity index (χ3v) is 4.24. The molecule has 0 bridgehead atoms. The van der Waals surface area contributed by atoms with Gasteiger partial charge in [-0.2, -0.15) is 0 Å². The molecule has 1 N–H and O–H groups in total. The van der Waals surface area contributed by atoms with Gasteiger partial charge < -0.3 is 15.1 Å². The molecule has 0 spiro atoms. The van der Waals surface area contributed by atoms with Crippen molar-refractivity contribution in [3.8, 4) is 0 Å². The average molecular weight is 359 g/mol. The zero-order chi connectivity index (χ0) is 18.5. The third kappa shape index (κ3) is 4.56. The minimum Gasteiger partial charge on any atom is -0.368 e. The highest BCUT2D eigenvalue weighted by Crippen LogP contribution is 2.17. The molecule has 0 radical (unpaired) electrons. The van der Waals surface area contributed by atoms with Gasteiger partial charge in [-0.05, 0) is 42.5 Å². The van der Waals surface area contributed by atoms with Crippen LogP contribution in [0.25, 0.3) is 0 Å². The predicted octanol–water partition coefficient (Wildman–Crippen LogP) is 2.64. The summed E-state index contributed by atoms with van der Waals surface area (Å²) in [5, 5.41) is 2.52. The number of piperazine rings is 1. The van der Waals surface area contributed by atoms with Gasteiger partial charge in [0.1, 0.15) is 18.1 Å². The maximum atomic E-state index is 13.1. The molecule has 0 aromatic heterocycles. The highest BCUT2D eigenvalue weighted by molar-refractivity contribution is 6.03. The molecule has 26 heavy (non-hydrogen) atoms. The van der Waals surface area contributed by atoms with Gasteiger partial charge in [0.2, 0.25) is 11.8 Å². The molecule has 5 nitrogen and oxygen atoms in total. The lowest BCUT2D eigenvalue weighted by molar-refractivity contribution is -0.134. The van der Waals surface area contributed by atoms with Crippen molar-refractivity contribution in [1.82, 2.24) is 4.90 Å². The number of hydrogen-bond acceptors (Lipinski definition) is 3. The molecule has 0 unspecified atom stereocenters. The maximum absolute atomic E-state index is 13.1.